The average Bonchev–Trinajstić information content (AvgIpc) is 2.44. The minimum atomic E-state index is -3.54. The highest BCUT2D eigenvalue weighted by Crippen LogP contribution is 2.39. The van der Waals surface area contributed by atoms with Gasteiger partial charge in [0.15, 0.2) is 5.75 Å². The Balaban J connectivity index is 4.26. The molecule has 0 aliphatic rings. The summed E-state index contributed by atoms with van der Waals surface area (Å²) in [4.78, 5) is 11.7. The first-order chi connectivity index (χ1) is 12.7. The van der Waals surface area contributed by atoms with Gasteiger partial charge in [-0.15, -0.1) is 0 Å². The number of rotatable bonds is 1. The fourth-order valence-corrected chi connectivity index (χ4v) is 1.60. The van der Waals surface area contributed by atoms with Gasteiger partial charge in [-0.1, -0.05) is 47.4 Å². The highest BCUT2D eigenvalue weighted by atomic mass is 16.7. The van der Waals surface area contributed by atoms with Gasteiger partial charge in [0, 0.05) is 17.9 Å². The molecule has 0 heterocycles. The van der Waals surface area contributed by atoms with Crippen molar-refractivity contribution < 1.29 is 26.6 Å². The summed E-state index contributed by atoms with van der Waals surface area (Å²) >= 11 is 0. The lowest BCUT2D eigenvalue weighted by Gasteiger charge is -2.27. The van der Waals surface area contributed by atoms with Crippen molar-refractivity contribution in [2.75, 3.05) is 12.8 Å². The topological polar surface area (TPSA) is 61.5 Å². The highest BCUT2D eigenvalue weighted by Gasteiger charge is 2.26. The van der Waals surface area contributed by atoms with Gasteiger partial charge in [0.05, 0.1) is 12.8 Å². The molecule has 0 fully saturated rings. The number of anilines is 1. The molecule has 0 radical (unpaired) electrons. The SMILES string of the molecule is [2H]C([2H])([2H])C(c1cc(C(C)(C)C)cc(N)c1OC(=O)OC)(C([2H])([2H])[2H])C([2H])([2H])[2H]. The molecule has 112 valence electrons. The maximum absolute atomic E-state index is 11.7. The standard InChI is InChI=1S/C16H25NO3/c1-15(2,3)10-8-11(16(4,5)6)13(12(17)9-10)20-14(18)19-7/h8-9H,17H2,1-7H3/i4D3,5D3,6D3. The summed E-state index contributed by atoms with van der Waals surface area (Å²) in [6.45, 7) is -5.39. The van der Waals surface area contributed by atoms with Gasteiger partial charge in [0.25, 0.3) is 0 Å². The van der Waals surface area contributed by atoms with Crippen molar-refractivity contribution in [1.82, 2.24) is 0 Å². The highest BCUT2D eigenvalue weighted by molar-refractivity contribution is 5.71. The number of nitrogens with two attached hydrogens (primary N) is 1. The molecule has 0 bridgehead atoms. The molecule has 20 heavy (non-hydrogen) atoms. The molecular formula is C16H25NO3. The van der Waals surface area contributed by atoms with Crippen molar-refractivity contribution in [2.24, 2.45) is 0 Å². The van der Waals surface area contributed by atoms with E-state index in [0.29, 0.717) is 5.56 Å². The van der Waals surface area contributed by atoms with E-state index in [1.54, 1.807) is 20.8 Å². The van der Waals surface area contributed by atoms with Gasteiger partial charge in [-0.2, -0.15) is 0 Å². The van der Waals surface area contributed by atoms with Crippen molar-refractivity contribution in [3.8, 4) is 5.75 Å². The quantitative estimate of drug-likeness (QED) is 0.482. The Morgan fingerprint density at radius 2 is 1.80 bits per heavy atom. The van der Waals surface area contributed by atoms with E-state index in [1.807, 2.05) is 0 Å². The van der Waals surface area contributed by atoms with Gasteiger partial charge in [0.1, 0.15) is 0 Å². The normalized spacial score (nSPS) is 20.7. The Hall–Kier alpha value is -1.71. The van der Waals surface area contributed by atoms with Crippen molar-refractivity contribution in [3.05, 3.63) is 23.3 Å². The second kappa shape index (κ2) is 5.35. The van der Waals surface area contributed by atoms with E-state index in [9.17, 15) is 4.79 Å². The number of ether oxygens (including phenoxy) is 2. The predicted octanol–water partition coefficient (Wildman–Crippen LogP) is 4.01. The van der Waals surface area contributed by atoms with E-state index in [4.69, 9.17) is 22.8 Å². The van der Waals surface area contributed by atoms with Crippen LogP contribution in [-0.2, 0) is 15.6 Å². The van der Waals surface area contributed by atoms with E-state index in [2.05, 4.69) is 4.74 Å². The molecule has 1 aromatic rings. The van der Waals surface area contributed by atoms with Crippen LogP contribution in [0.15, 0.2) is 12.1 Å². The molecule has 0 unspecified atom stereocenters. The molecule has 4 nitrogen and oxygen atoms in total. The largest absolute Gasteiger partial charge is 0.513 e. The van der Waals surface area contributed by atoms with Crippen molar-refractivity contribution >= 4 is 11.8 Å². The first-order valence-electron chi connectivity index (χ1n) is 10.4. The summed E-state index contributed by atoms with van der Waals surface area (Å²) in [5.41, 5.74) is 1.27. The Morgan fingerprint density at radius 1 is 1.20 bits per heavy atom. The Bertz CT molecular complexity index is 738. The summed E-state index contributed by atoms with van der Waals surface area (Å²) < 4.78 is 80.5. The van der Waals surface area contributed by atoms with Crippen LogP contribution in [0.25, 0.3) is 0 Å². The average molecular weight is 288 g/mol. The molecule has 0 aliphatic carbocycles. The number of nitrogen functional groups attached to an aromatic ring is 1. The third kappa shape index (κ3) is 3.65. The molecule has 1 rings (SSSR count). The van der Waals surface area contributed by atoms with Crippen LogP contribution < -0.4 is 10.5 Å². The Morgan fingerprint density at radius 3 is 2.25 bits per heavy atom. The second-order valence-electron chi connectivity index (χ2n) is 5.50. The Labute approximate surface area is 133 Å². The van der Waals surface area contributed by atoms with E-state index in [-0.39, 0.29) is 5.69 Å². The van der Waals surface area contributed by atoms with Gasteiger partial charge in [-0.05, 0) is 22.5 Å². The lowest BCUT2D eigenvalue weighted by Crippen LogP contribution is -2.20. The smallest absolute Gasteiger partial charge is 0.437 e. The zero-order chi connectivity index (χ0) is 23.2. The Kier molecular flexibility index (Phi) is 1.96. The molecule has 0 atom stereocenters. The van der Waals surface area contributed by atoms with Crippen LogP contribution in [0.1, 0.15) is 64.8 Å². The van der Waals surface area contributed by atoms with Crippen LogP contribution in [0.5, 0.6) is 5.75 Å². The fourth-order valence-electron chi connectivity index (χ4n) is 1.60. The van der Waals surface area contributed by atoms with E-state index < -0.39 is 48.9 Å². The summed E-state index contributed by atoms with van der Waals surface area (Å²) in [5, 5.41) is 0. The molecule has 0 amide bonds. The molecule has 0 aromatic heterocycles. The lowest BCUT2D eigenvalue weighted by atomic mass is 9.80. The molecule has 4 heteroatoms. The van der Waals surface area contributed by atoms with Crippen LogP contribution in [0.3, 0.4) is 0 Å². The molecule has 1 aromatic carbocycles. The molecular weight excluding hydrogens is 254 g/mol. The number of carbonyl (C=O) groups is 1. The third-order valence-corrected chi connectivity index (χ3v) is 2.74. The minimum Gasteiger partial charge on any atom is -0.437 e. The molecule has 0 saturated carbocycles. The number of hydrogen-bond acceptors (Lipinski definition) is 4. The van der Waals surface area contributed by atoms with Crippen LogP contribution in [0, 0.1) is 0 Å². The van der Waals surface area contributed by atoms with Gasteiger partial charge in [0.2, 0.25) is 0 Å². The number of hydrogen-bond donors (Lipinski definition) is 1. The van der Waals surface area contributed by atoms with Gasteiger partial charge in [-0.25, -0.2) is 4.79 Å². The fraction of sp³-hybridized carbons (Fsp3) is 0.562. The van der Waals surface area contributed by atoms with Crippen LogP contribution in [-0.4, -0.2) is 13.3 Å². The van der Waals surface area contributed by atoms with Crippen molar-refractivity contribution in [2.45, 2.75) is 52.2 Å². The lowest BCUT2D eigenvalue weighted by molar-refractivity contribution is 0.121. The second-order valence-corrected chi connectivity index (χ2v) is 5.50. The van der Waals surface area contributed by atoms with Crippen molar-refractivity contribution in [3.63, 3.8) is 0 Å². The summed E-state index contributed by atoms with van der Waals surface area (Å²) in [5.74, 6) is -0.673. The van der Waals surface area contributed by atoms with Crippen molar-refractivity contribution in [1.29, 1.82) is 0 Å². The van der Waals surface area contributed by atoms with Crippen LogP contribution >= 0.6 is 0 Å². The summed E-state index contributed by atoms with van der Waals surface area (Å²) in [7, 11) is 0.978. The molecule has 0 aliphatic heterocycles. The molecule has 0 saturated heterocycles. The van der Waals surface area contributed by atoms with Gasteiger partial charge < -0.3 is 15.2 Å². The summed E-state index contributed by atoms with van der Waals surface area (Å²) in [6, 6.07) is 2.48. The van der Waals surface area contributed by atoms with E-state index >= 15 is 0 Å². The molecule has 2 N–H and O–H groups in total. The van der Waals surface area contributed by atoms with Gasteiger partial charge >= 0.3 is 6.16 Å². The predicted molar refractivity (Wildman–Crippen MR) is 81.3 cm³/mol. The number of carbonyl (C=O) groups excluding carboxylic acids is 1. The number of methoxy groups -OCH3 is 1. The summed E-state index contributed by atoms with van der Waals surface area (Å²) in [6.07, 6.45) is -1.31. The minimum absolute atomic E-state index is 0.292. The van der Waals surface area contributed by atoms with Crippen LogP contribution in [0.2, 0.25) is 0 Å². The monoisotopic (exact) mass is 288 g/mol. The van der Waals surface area contributed by atoms with Crippen LogP contribution in [0.4, 0.5) is 10.5 Å². The molecule has 0 spiro atoms. The first-order valence-corrected chi connectivity index (χ1v) is 5.92. The maximum atomic E-state index is 11.7. The van der Waals surface area contributed by atoms with E-state index in [0.717, 1.165) is 13.2 Å². The third-order valence-electron chi connectivity index (χ3n) is 2.74. The maximum Gasteiger partial charge on any atom is 0.513 e. The zero-order valence-electron chi connectivity index (χ0n) is 21.0. The first kappa shape index (κ1) is 7.34. The number of benzene rings is 1. The van der Waals surface area contributed by atoms with Gasteiger partial charge in [-0.3, -0.25) is 0 Å². The zero-order valence-corrected chi connectivity index (χ0v) is 12.0. The van der Waals surface area contributed by atoms with E-state index in [1.165, 1.54) is 6.07 Å².